The summed E-state index contributed by atoms with van der Waals surface area (Å²) in [5, 5.41) is 0. The van der Waals surface area contributed by atoms with Crippen molar-refractivity contribution >= 4 is 0 Å². The van der Waals surface area contributed by atoms with E-state index in [1.165, 1.54) is 12.8 Å². The first kappa shape index (κ1) is 12.9. The Balaban J connectivity index is 1.82. The highest BCUT2D eigenvalue weighted by Crippen LogP contribution is 2.66. The first-order chi connectivity index (χ1) is 8.97. The molecule has 0 aromatic carbocycles. The van der Waals surface area contributed by atoms with Crippen LogP contribution >= 0.6 is 0 Å². The summed E-state index contributed by atoms with van der Waals surface area (Å²) in [6.45, 7) is 7.54. The third-order valence-electron chi connectivity index (χ3n) is 5.85. The van der Waals surface area contributed by atoms with Crippen LogP contribution in [0.4, 0.5) is 0 Å². The van der Waals surface area contributed by atoms with Gasteiger partial charge in [0.05, 0.1) is 11.9 Å². The molecule has 2 saturated carbocycles. The normalized spacial score (nSPS) is 35.6. The highest BCUT2D eigenvalue weighted by atomic mass is 16.5. The quantitative estimate of drug-likeness (QED) is 0.908. The van der Waals surface area contributed by atoms with Crippen molar-refractivity contribution in [1.29, 1.82) is 0 Å². The van der Waals surface area contributed by atoms with E-state index < -0.39 is 0 Å². The summed E-state index contributed by atoms with van der Waals surface area (Å²) in [4.78, 5) is 8.56. The van der Waals surface area contributed by atoms with E-state index >= 15 is 0 Å². The zero-order valence-corrected chi connectivity index (χ0v) is 12.0. The second kappa shape index (κ2) is 4.17. The summed E-state index contributed by atoms with van der Waals surface area (Å²) in [5.74, 6) is 1.39. The Hall–Kier alpha value is -1.16. The smallest absolute Gasteiger partial charge is 0.232 e. The largest absolute Gasteiger partial charge is 0.473 e. The molecular weight excluding hydrogens is 238 g/mol. The summed E-state index contributed by atoms with van der Waals surface area (Å²) in [6.07, 6.45) is 7.36. The standard InChI is InChI=1S/C15H23N3O/c1-14(2)10-4-5-15(14,3)12(6-10)19-13-9-17-8-11(7-16)18-13/h8-10,12H,4-7,16H2,1-3H3. The molecule has 2 fully saturated rings. The molecule has 0 radical (unpaired) electrons. The summed E-state index contributed by atoms with van der Waals surface area (Å²) >= 11 is 0. The van der Waals surface area contributed by atoms with Crippen LogP contribution in [0.25, 0.3) is 0 Å². The van der Waals surface area contributed by atoms with E-state index in [0.29, 0.717) is 17.8 Å². The summed E-state index contributed by atoms with van der Waals surface area (Å²) in [7, 11) is 0. The predicted octanol–water partition coefficient (Wildman–Crippen LogP) is 2.53. The van der Waals surface area contributed by atoms with Crippen LogP contribution in [0.3, 0.4) is 0 Å². The lowest BCUT2D eigenvalue weighted by Gasteiger charge is -2.38. The fraction of sp³-hybridized carbons (Fsp3) is 0.733. The SMILES string of the molecule is CC1(C)C2CCC1(C)C(Oc1cncc(CN)n1)C2. The number of fused-ring (bicyclic) bond motifs is 2. The van der Waals surface area contributed by atoms with Crippen molar-refractivity contribution in [3.05, 3.63) is 18.1 Å². The van der Waals surface area contributed by atoms with Crippen molar-refractivity contribution in [2.24, 2.45) is 22.5 Å². The Morgan fingerprint density at radius 3 is 2.74 bits per heavy atom. The molecular formula is C15H23N3O. The number of nitrogens with zero attached hydrogens (tertiary/aromatic N) is 2. The number of nitrogens with two attached hydrogens (primary N) is 1. The van der Waals surface area contributed by atoms with E-state index in [-0.39, 0.29) is 11.5 Å². The second-order valence-corrected chi connectivity index (χ2v) is 6.77. The van der Waals surface area contributed by atoms with E-state index in [1.807, 2.05) is 0 Å². The topological polar surface area (TPSA) is 61.0 Å². The summed E-state index contributed by atoms with van der Waals surface area (Å²) in [5.41, 5.74) is 6.99. The predicted molar refractivity (Wildman–Crippen MR) is 73.6 cm³/mol. The van der Waals surface area contributed by atoms with Crippen LogP contribution in [-0.2, 0) is 6.54 Å². The molecule has 104 valence electrons. The molecule has 3 rings (SSSR count). The van der Waals surface area contributed by atoms with Gasteiger partial charge in [-0.1, -0.05) is 20.8 Å². The first-order valence-electron chi connectivity index (χ1n) is 7.15. The van der Waals surface area contributed by atoms with Crippen molar-refractivity contribution in [2.75, 3.05) is 0 Å². The van der Waals surface area contributed by atoms with Crippen molar-refractivity contribution in [1.82, 2.24) is 9.97 Å². The molecule has 1 aromatic heterocycles. The molecule has 3 atom stereocenters. The number of ether oxygens (including phenoxy) is 1. The van der Waals surface area contributed by atoms with Crippen molar-refractivity contribution in [3.8, 4) is 5.88 Å². The molecule has 4 heteroatoms. The Bertz CT molecular complexity index is 488. The number of rotatable bonds is 3. The van der Waals surface area contributed by atoms with Crippen LogP contribution in [-0.4, -0.2) is 16.1 Å². The van der Waals surface area contributed by atoms with Gasteiger partial charge in [-0.05, 0) is 30.6 Å². The van der Waals surface area contributed by atoms with E-state index in [9.17, 15) is 0 Å². The Kier molecular flexibility index (Phi) is 2.82. The van der Waals surface area contributed by atoms with Gasteiger partial charge in [0.15, 0.2) is 0 Å². The average Bonchev–Trinajstić information content (AvgIpc) is 2.72. The molecule has 2 aliphatic rings. The Morgan fingerprint density at radius 2 is 2.16 bits per heavy atom. The summed E-state index contributed by atoms with van der Waals surface area (Å²) in [6, 6.07) is 0. The highest BCUT2D eigenvalue weighted by Gasteiger charge is 2.62. The number of hydrogen-bond donors (Lipinski definition) is 1. The molecule has 0 amide bonds. The monoisotopic (exact) mass is 261 g/mol. The van der Waals surface area contributed by atoms with Crippen LogP contribution in [0, 0.1) is 16.7 Å². The fourth-order valence-corrected chi connectivity index (χ4v) is 4.00. The molecule has 2 aliphatic carbocycles. The lowest BCUT2D eigenvalue weighted by molar-refractivity contribution is 0.0269. The second-order valence-electron chi connectivity index (χ2n) is 6.77. The molecule has 1 aromatic rings. The minimum Gasteiger partial charge on any atom is -0.473 e. The molecule has 0 aliphatic heterocycles. The van der Waals surface area contributed by atoms with Gasteiger partial charge in [-0.3, -0.25) is 4.98 Å². The zero-order chi connectivity index (χ0) is 13.7. The van der Waals surface area contributed by atoms with Gasteiger partial charge < -0.3 is 10.5 Å². The van der Waals surface area contributed by atoms with Gasteiger partial charge in [0.2, 0.25) is 5.88 Å². The fourth-order valence-electron chi connectivity index (χ4n) is 4.00. The summed E-state index contributed by atoms with van der Waals surface area (Å²) < 4.78 is 6.16. The highest BCUT2D eigenvalue weighted by molar-refractivity contribution is 5.15. The van der Waals surface area contributed by atoms with Crippen LogP contribution in [0.15, 0.2) is 12.4 Å². The minimum atomic E-state index is 0.248. The average molecular weight is 261 g/mol. The van der Waals surface area contributed by atoms with Gasteiger partial charge in [-0.25, -0.2) is 4.98 Å². The minimum absolute atomic E-state index is 0.248. The third kappa shape index (κ3) is 1.76. The lowest BCUT2D eigenvalue weighted by Crippen LogP contribution is -2.39. The van der Waals surface area contributed by atoms with Gasteiger partial charge in [0.25, 0.3) is 0 Å². The molecule has 2 N–H and O–H groups in total. The Labute approximate surface area is 114 Å². The van der Waals surface area contributed by atoms with Gasteiger partial charge >= 0.3 is 0 Å². The van der Waals surface area contributed by atoms with Crippen LogP contribution in [0.5, 0.6) is 5.88 Å². The van der Waals surface area contributed by atoms with E-state index in [1.54, 1.807) is 12.4 Å². The maximum Gasteiger partial charge on any atom is 0.232 e. The molecule has 0 saturated heterocycles. The van der Waals surface area contributed by atoms with Gasteiger partial charge in [-0.15, -0.1) is 0 Å². The van der Waals surface area contributed by atoms with E-state index in [2.05, 4.69) is 30.7 Å². The van der Waals surface area contributed by atoms with Crippen molar-refractivity contribution < 1.29 is 4.74 Å². The maximum absolute atomic E-state index is 6.16. The molecule has 4 nitrogen and oxygen atoms in total. The van der Waals surface area contributed by atoms with Crippen molar-refractivity contribution in [3.63, 3.8) is 0 Å². The van der Waals surface area contributed by atoms with Crippen molar-refractivity contribution in [2.45, 2.75) is 52.7 Å². The molecule has 1 heterocycles. The van der Waals surface area contributed by atoms with Crippen LogP contribution in [0.1, 0.15) is 45.7 Å². The maximum atomic E-state index is 6.16. The Morgan fingerprint density at radius 1 is 1.37 bits per heavy atom. The molecule has 2 bridgehead atoms. The number of aromatic nitrogens is 2. The molecule has 3 unspecified atom stereocenters. The van der Waals surface area contributed by atoms with E-state index in [4.69, 9.17) is 10.5 Å². The molecule has 0 spiro atoms. The van der Waals surface area contributed by atoms with Gasteiger partial charge in [-0.2, -0.15) is 0 Å². The van der Waals surface area contributed by atoms with Gasteiger partial charge in [0.1, 0.15) is 6.10 Å². The zero-order valence-electron chi connectivity index (χ0n) is 12.0. The van der Waals surface area contributed by atoms with E-state index in [0.717, 1.165) is 18.0 Å². The van der Waals surface area contributed by atoms with Crippen LogP contribution < -0.4 is 10.5 Å². The molecule has 19 heavy (non-hydrogen) atoms. The lowest BCUT2D eigenvalue weighted by atomic mass is 9.70. The number of hydrogen-bond acceptors (Lipinski definition) is 4. The van der Waals surface area contributed by atoms with Crippen LogP contribution in [0.2, 0.25) is 0 Å². The first-order valence-corrected chi connectivity index (χ1v) is 7.15. The van der Waals surface area contributed by atoms with Gasteiger partial charge in [0, 0.05) is 18.2 Å². The third-order valence-corrected chi connectivity index (χ3v) is 5.85.